The van der Waals surface area contributed by atoms with E-state index in [1.165, 1.54) is 16.4 Å². The Hall–Kier alpha value is -2.45. The molecule has 3 rings (SSSR count). The van der Waals surface area contributed by atoms with Crippen LogP contribution >= 0.6 is 0 Å². The second-order valence-corrected chi connectivity index (χ2v) is 8.15. The van der Waals surface area contributed by atoms with Crippen LogP contribution in [-0.2, 0) is 10.0 Å². The van der Waals surface area contributed by atoms with Crippen LogP contribution in [0.2, 0.25) is 0 Å². The predicted molar refractivity (Wildman–Crippen MR) is 96.7 cm³/mol. The van der Waals surface area contributed by atoms with E-state index < -0.39 is 14.9 Å². The maximum Gasteiger partial charge on any atom is 0.273 e. The summed E-state index contributed by atoms with van der Waals surface area (Å²) in [5.74, 6) is 0.665. The van der Waals surface area contributed by atoms with Crippen molar-refractivity contribution in [1.82, 2.24) is 4.31 Å². The summed E-state index contributed by atoms with van der Waals surface area (Å²) in [6.07, 6.45) is 1.43. The summed E-state index contributed by atoms with van der Waals surface area (Å²) in [4.78, 5) is 10.6. The minimum absolute atomic E-state index is 0.0513. The van der Waals surface area contributed by atoms with E-state index in [9.17, 15) is 18.5 Å². The molecule has 1 fully saturated rings. The van der Waals surface area contributed by atoms with Crippen LogP contribution in [-0.4, -0.2) is 31.3 Å². The molecule has 0 bridgehead atoms. The molecule has 138 valence electrons. The van der Waals surface area contributed by atoms with Gasteiger partial charge in [-0.15, -0.1) is 0 Å². The minimum atomic E-state index is -3.84. The normalized spacial score (nSPS) is 18.0. The fraction of sp³-hybridized carbons (Fsp3) is 0.333. The highest BCUT2D eigenvalue weighted by Crippen LogP contribution is 2.38. The van der Waals surface area contributed by atoms with Gasteiger partial charge in [-0.1, -0.05) is 18.2 Å². The first-order valence-corrected chi connectivity index (χ1v) is 9.69. The van der Waals surface area contributed by atoms with Crippen molar-refractivity contribution in [3.05, 3.63) is 63.7 Å². The van der Waals surface area contributed by atoms with Crippen LogP contribution < -0.4 is 4.74 Å². The number of nitrogens with zero attached hydrogens (tertiary/aromatic N) is 2. The molecule has 26 heavy (non-hydrogen) atoms. The maximum absolute atomic E-state index is 13.1. The molecule has 1 unspecified atom stereocenters. The van der Waals surface area contributed by atoms with Gasteiger partial charge < -0.3 is 4.74 Å². The number of sulfonamides is 1. The summed E-state index contributed by atoms with van der Waals surface area (Å²) < 4.78 is 32.9. The second-order valence-electron chi connectivity index (χ2n) is 6.26. The van der Waals surface area contributed by atoms with Crippen LogP contribution in [0.3, 0.4) is 0 Å². The van der Waals surface area contributed by atoms with Gasteiger partial charge in [0, 0.05) is 18.2 Å². The monoisotopic (exact) mass is 376 g/mol. The van der Waals surface area contributed by atoms with Gasteiger partial charge in [-0.2, -0.15) is 4.31 Å². The van der Waals surface area contributed by atoms with Crippen LogP contribution in [0.4, 0.5) is 5.69 Å². The van der Waals surface area contributed by atoms with Crippen LogP contribution in [0.5, 0.6) is 5.75 Å². The van der Waals surface area contributed by atoms with Gasteiger partial charge in [-0.05, 0) is 43.5 Å². The third-order valence-corrected chi connectivity index (χ3v) is 6.57. The molecule has 0 aliphatic carbocycles. The topological polar surface area (TPSA) is 89.8 Å². The van der Waals surface area contributed by atoms with E-state index in [4.69, 9.17) is 4.74 Å². The van der Waals surface area contributed by atoms with E-state index in [-0.39, 0.29) is 16.6 Å². The fourth-order valence-electron chi connectivity index (χ4n) is 3.29. The van der Waals surface area contributed by atoms with Crippen molar-refractivity contribution in [2.24, 2.45) is 0 Å². The van der Waals surface area contributed by atoms with E-state index in [0.717, 1.165) is 18.1 Å². The lowest BCUT2D eigenvalue weighted by atomic mass is 10.1. The molecule has 8 heteroatoms. The first-order chi connectivity index (χ1) is 12.3. The Kier molecular flexibility index (Phi) is 4.97. The maximum atomic E-state index is 13.1. The Morgan fingerprint density at radius 3 is 2.69 bits per heavy atom. The highest BCUT2D eigenvalue weighted by Gasteiger charge is 2.37. The number of rotatable bonds is 5. The molecule has 1 atom stereocenters. The van der Waals surface area contributed by atoms with Crippen molar-refractivity contribution in [3.63, 3.8) is 0 Å². The summed E-state index contributed by atoms with van der Waals surface area (Å²) in [7, 11) is -2.28. The number of methoxy groups -OCH3 is 1. The Balaban J connectivity index is 2.00. The summed E-state index contributed by atoms with van der Waals surface area (Å²) >= 11 is 0. The first kappa shape index (κ1) is 18.3. The molecule has 0 radical (unpaired) electrons. The number of hydrogen-bond acceptors (Lipinski definition) is 5. The number of nitro benzene ring substituents is 1. The largest absolute Gasteiger partial charge is 0.497 e. The van der Waals surface area contributed by atoms with Crippen molar-refractivity contribution in [2.45, 2.75) is 30.7 Å². The summed E-state index contributed by atoms with van der Waals surface area (Å²) in [5.41, 5.74) is 1.09. The standard InChI is InChI=1S/C18H20N2O5S/c1-13-8-9-16(12-18(13)20(21)22)26(23,24)19-10-4-7-17(19)14-5-3-6-15(11-14)25-2/h3,5-6,8-9,11-12,17H,4,7,10H2,1-2H3. The molecule has 7 nitrogen and oxygen atoms in total. The molecule has 1 aliphatic heterocycles. The van der Waals surface area contributed by atoms with Crippen LogP contribution in [0.1, 0.15) is 30.0 Å². The van der Waals surface area contributed by atoms with Gasteiger partial charge in [0.05, 0.1) is 23.0 Å². The molecule has 0 aromatic heterocycles. The quantitative estimate of drug-likeness (QED) is 0.589. The van der Waals surface area contributed by atoms with Gasteiger partial charge in [-0.25, -0.2) is 8.42 Å². The molecule has 1 heterocycles. The molecular formula is C18H20N2O5S. The minimum Gasteiger partial charge on any atom is -0.497 e. The Morgan fingerprint density at radius 1 is 1.23 bits per heavy atom. The number of hydrogen-bond donors (Lipinski definition) is 0. The molecule has 0 amide bonds. The van der Waals surface area contributed by atoms with E-state index in [1.54, 1.807) is 20.1 Å². The van der Waals surface area contributed by atoms with Crippen LogP contribution in [0.25, 0.3) is 0 Å². The first-order valence-electron chi connectivity index (χ1n) is 8.25. The van der Waals surface area contributed by atoms with Crippen LogP contribution in [0, 0.1) is 17.0 Å². The SMILES string of the molecule is COc1cccc(C2CCCN2S(=O)(=O)c2ccc(C)c([N+](=O)[O-])c2)c1. The van der Waals surface area contributed by atoms with Crippen molar-refractivity contribution >= 4 is 15.7 Å². The van der Waals surface area contributed by atoms with Crippen molar-refractivity contribution in [1.29, 1.82) is 0 Å². The van der Waals surface area contributed by atoms with Gasteiger partial charge in [0.15, 0.2) is 0 Å². The van der Waals surface area contributed by atoms with E-state index in [2.05, 4.69) is 0 Å². The molecule has 2 aromatic carbocycles. The van der Waals surface area contributed by atoms with Gasteiger partial charge in [0.2, 0.25) is 10.0 Å². The zero-order valence-electron chi connectivity index (χ0n) is 14.6. The molecule has 0 saturated carbocycles. The summed E-state index contributed by atoms with van der Waals surface area (Å²) in [6, 6.07) is 11.1. The number of ether oxygens (including phenoxy) is 1. The lowest BCUT2D eigenvalue weighted by Gasteiger charge is -2.24. The predicted octanol–water partition coefficient (Wildman–Crippen LogP) is 3.44. The zero-order valence-corrected chi connectivity index (χ0v) is 15.4. The molecule has 2 aromatic rings. The fourth-order valence-corrected chi connectivity index (χ4v) is 4.99. The third-order valence-electron chi connectivity index (χ3n) is 4.67. The van der Waals surface area contributed by atoms with Gasteiger partial charge in [0.1, 0.15) is 5.75 Å². The summed E-state index contributed by atoms with van der Waals surface area (Å²) in [5, 5.41) is 11.2. The number of nitro groups is 1. The molecular weight excluding hydrogens is 356 g/mol. The zero-order chi connectivity index (χ0) is 18.9. The van der Waals surface area contributed by atoms with Crippen molar-refractivity contribution < 1.29 is 18.1 Å². The highest BCUT2D eigenvalue weighted by molar-refractivity contribution is 7.89. The average molecular weight is 376 g/mol. The average Bonchev–Trinajstić information content (AvgIpc) is 3.12. The van der Waals surface area contributed by atoms with Crippen molar-refractivity contribution in [2.75, 3.05) is 13.7 Å². The van der Waals surface area contributed by atoms with Gasteiger partial charge >= 0.3 is 0 Å². The smallest absolute Gasteiger partial charge is 0.273 e. The Bertz CT molecular complexity index is 942. The van der Waals surface area contributed by atoms with Crippen molar-refractivity contribution in [3.8, 4) is 5.75 Å². The lowest BCUT2D eigenvalue weighted by Crippen LogP contribution is -2.30. The van der Waals surface area contributed by atoms with E-state index in [1.807, 2.05) is 18.2 Å². The van der Waals surface area contributed by atoms with Gasteiger partial charge in [0.25, 0.3) is 5.69 Å². The molecule has 1 saturated heterocycles. The lowest BCUT2D eigenvalue weighted by molar-refractivity contribution is -0.385. The highest BCUT2D eigenvalue weighted by atomic mass is 32.2. The molecule has 0 N–H and O–H groups in total. The molecule has 0 spiro atoms. The molecule has 1 aliphatic rings. The summed E-state index contributed by atoms with van der Waals surface area (Å²) in [6.45, 7) is 1.97. The van der Waals surface area contributed by atoms with E-state index in [0.29, 0.717) is 24.3 Å². The number of aryl methyl sites for hydroxylation is 1. The second kappa shape index (κ2) is 7.05. The Labute approximate surface area is 152 Å². The Morgan fingerprint density at radius 2 is 2.00 bits per heavy atom. The third kappa shape index (κ3) is 3.30. The van der Waals surface area contributed by atoms with Gasteiger partial charge in [-0.3, -0.25) is 10.1 Å². The van der Waals surface area contributed by atoms with Crippen LogP contribution in [0.15, 0.2) is 47.4 Å². The van der Waals surface area contributed by atoms with E-state index >= 15 is 0 Å². The number of benzene rings is 2.